The standard InChI is InChI=1S/C10H12N4O2/c1-16-7-2-6(3-12-4-7)9(15)8-5-13-14-10(8)11/h2-5,9,15H,1H3,(H3,11,13,14). The van der Waals surface area contributed by atoms with E-state index >= 15 is 0 Å². The number of methoxy groups -OCH3 is 1. The second kappa shape index (κ2) is 4.19. The normalized spacial score (nSPS) is 12.4. The van der Waals surface area contributed by atoms with Crippen LogP contribution in [-0.2, 0) is 0 Å². The van der Waals surface area contributed by atoms with Crippen LogP contribution in [0.25, 0.3) is 0 Å². The van der Waals surface area contributed by atoms with Crippen LogP contribution in [-0.4, -0.2) is 27.4 Å². The number of aromatic nitrogens is 3. The maximum Gasteiger partial charge on any atom is 0.137 e. The van der Waals surface area contributed by atoms with Crippen LogP contribution < -0.4 is 10.5 Å². The van der Waals surface area contributed by atoms with Gasteiger partial charge in [0.2, 0.25) is 0 Å². The van der Waals surface area contributed by atoms with Gasteiger partial charge in [-0.1, -0.05) is 0 Å². The van der Waals surface area contributed by atoms with Crippen molar-refractivity contribution in [1.29, 1.82) is 0 Å². The van der Waals surface area contributed by atoms with E-state index in [4.69, 9.17) is 10.5 Å². The molecular formula is C10H12N4O2. The number of nitrogens with two attached hydrogens (primary N) is 1. The van der Waals surface area contributed by atoms with Crippen molar-refractivity contribution in [2.24, 2.45) is 0 Å². The summed E-state index contributed by atoms with van der Waals surface area (Å²) in [7, 11) is 1.54. The number of pyridine rings is 1. The monoisotopic (exact) mass is 220 g/mol. The van der Waals surface area contributed by atoms with Gasteiger partial charge in [0.1, 0.15) is 17.7 Å². The number of rotatable bonds is 3. The number of nitrogen functional groups attached to an aromatic ring is 1. The third kappa shape index (κ3) is 1.82. The Hall–Kier alpha value is -2.08. The molecule has 2 aromatic rings. The zero-order valence-electron chi connectivity index (χ0n) is 8.71. The van der Waals surface area contributed by atoms with E-state index in [1.54, 1.807) is 25.6 Å². The Labute approximate surface area is 92.1 Å². The van der Waals surface area contributed by atoms with Gasteiger partial charge >= 0.3 is 0 Å². The van der Waals surface area contributed by atoms with Crippen molar-refractivity contribution in [3.05, 3.63) is 35.8 Å². The van der Waals surface area contributed by atoms with Gasteiger partial charge in [0.25, 0.3) is 0 Å². The molecule has 0 aliphatic rings. The van der Waals surface area contributed by atoms with Gasteiger partial charge in [-0.25, -0.2) is 0 Å². The van der Waals surface area contributed by atoms with Crippen LogP contribution >= 0.6 is 0 Å². The molecule has 2 heterocycles. The van der Waals surface area contributed by atoms with Crippen LogP contribution in [0.2, 0.25) is 0 Å². The van der Waals surface area contributed by atoms with E-state index in [2.05, 4.69) is 15.2 Å². The number of ether oxygens (including phenoxy) is 1. The van der Waals surface area contributed by atoms with E-state index in [1.807, 2.05) is 0 Å². The number of nitrogens with zero attached hydrogens (tertiary/aromatic N) is 2. The molecule has 1 atom stereocenters. The summed E-state index contributed by atoms with van der Waals surface area (Å²) < 4.78 is 5.02. The van der Waals surface area contributed by atoms with E-state index in [0.29, 0.717) is 22.7 Å². The van der Waals surface area contributed by atoms with Crippen molar-refractivity contribution < 1.29 is 9.84 Å². The van der Waals surface area contributed by atoms with E-state index in [-0.39, 0.29) is 0 Å². The molecule has 0 saturated carbocycles. The first kappa shape index (κ1) is 10.4. The minimum absolute atomic E-state index is 0.343. The third-order valence-corrected chi connectivity index (χ3v) is 2.28. The molecule has 6 heteroatoms. The number of anilines is 1. The summed E-state index contributed by atoms with van der Waals surface area (Å²) in [6.07, 6.45) is 3.75. The van der Waals surface area contributed by atoms with Crippen molar-refractivity contribution in [3.63, 3.8) is 0 Å². The summed E-state index contributed by atoms with van der Waals surface area (Å²) in [6, 6.07) is 1.70. The largest absolute Gasteiger partial charge is 0.495 e. The minimum Gasteiger partial charge on any atom is -0.495 e. The molecule has 0 fully saturated rings. The van der Waals surface area contributed by atoms with Gasteiger partial charge in [-0.15, -0.1) is 0 Å². The Morgan fingerprint density at radius 3 is 2.88 bits per heavy atom. The number of aliphatic hydroxyl groups excluding tert-OH is 1. The number of hydrogen-bond acceptors (Lipinski definition) is 5. The zero-order chi connectivity index (χ0) is 11.5. The summed E-state index contributed by atoms with van der Waals surface area (Å²) in [5, 5.41) is 16.4. The topological polar surface area (TPSA) is 97.0 Å². The van der Waals surface area contributed by atoms with Gasteiger partial charge in [-0.3, -0.25) is 10.1 Å². The second-order valence-electron chi connectivity index (χ2n) is 3.30. The highest BCUT2D eigenvalue weighted by Gasteiger charge is 2.15. The first-order valence-corrected chi connectivity index (χ1v) is 4.68. The molecule has 6 nitrogen and oxygen atoms in total. The van der Waals surface area contributed by atoms with E-state index in [1.165, 1.54) is 6.20 Å². The predicted molar refractivity (Wildman–Crippen MR) is 57.9 cm³/mol. The molecule has 0 aliphatic heterocycles. The number of aromatic amines is 1. The van der Waals surface area contributed by atoms with Crippen molar-refractivity contribution >= 4 is 5.82 Å². The Morgan fingerprint density at radius 1 is 1.44 bits per heavy atom. The van der Waals surface area contributed by atoms with E-state index in [0.717, 1.165) is 0 Å². The summed E-state index contributed by atoms with van der Waals surface area (Å²) in [4.78, 5) is 3.96. The molecule has 0 bridgehead atoms. The lowest BCUT2D eigenvalue weighted by Gasteiger charge is -2.10. The lowest BCUT2D eigenvalue weighted by Crippen LogP contribution is -2.02. The number of nitrogens with one attached hydrogen (secondary N) is 1. The molecule has 0 spiro atoms. The Kier molecular flexibility index (Phi) is 2.74. The average molecular weight is 220 g/mol. The number of hydrogen-bond donors (Lipinski definition) is 3. The molecule has 0 saturated heterocycles. The Morgan fingerprint density at radius 2 is 2.25 bits per heavy atom. The minimum atomic E-state index is -0.860. The summed E-state index contributed by atoms with van der Waals surface area (Å²) >= 11 is 0. The lowest BCUT2D eigenvalue weighted by atomic mass is 10.1. The highest BCUT2D eigenvalue weighted by Crippen LogP contribution is 2.26. The summed E-state index contributed by atoms with van der Waals surface area (Å²) in [5.41, 5.74) is 6.75. The zero-order valence-corrected chi connectivity index (χ0v) is 8.71. The van der Waals surface area contributed by atoms with Crippen LogP contribution in [0.15, 0.2) is 24.7 Å². The van der Waals surface area contributed by atoms with Gasteiger partial charge in [-0.2, -0.15) is 5.10 Å². The first-order valence-electron chi connectivity index (χ1n) is 4.68. The van der Waals surface area contributed by atoms with Gasteiger partial charge in [-0.05, 0) is 6.07 Å². The van der Waals surface area contributed by atoms with Gasteiger partial charge < -0.3 is 15.6 Å². The maximum atomic E-state index is 10.0. The molecule has 0 amide bonds. The van der Waals surface area contributed by atoms with E-state index < -0.39 is 6.10 Å². The van der Waals surface area contributed by atoms with Crippen LogP contribution in [0.1, 0.15) is 17.2 Å². The molecule has 16 heavy (non-hydrogen) atoms. The van der Waals surface area contributed by atoms with Gasteiger partial charge in [0, 0.05) is 17.3 Å². The molecule has 4 N–H and O–H groups in total. The molecule has 1 unspecified atom stereocenters. The molecule has 84 valence electrons. The fourth-order valence-corrected chi connectivity index (χ4v) is 1.40. The molecular weight excluding hydrogens is 208 g/mol. The molecule has 0 aromatic carbocycles. The van der Waals surface area contributed by atoms with Gasteiger partial charge in [0.05, 0.1) is 19.5 Å². The highest BCUT2D eigenvalue weighted by atomic mass is 16.5. The van der Waals surface area contributed by atoms with E-state index in [9.17, 15) is 5.11 Å². The molecule has 2 aromatic heterocycles. The summed E-state index contributed by atoms with van der Waals surface area (Å²) in [5.74, 6) is 0.925. The van der Waals surface area contributed by atoms with Crippen molar-refractivity contribution in [1.82, 2.24) is 15.2 Å². The second-order valence-corrected chi connectivity index (χ2v) is 3.30. The fourth-order valence-electron chi connectivity index (χ4n) is 1.40. The number of aliphatic hydroxyl groups is 1. The van der Waals surface area contributed by atoms with Crippen LogP contribution in [0.4, 0.5) is 5.82 Å². The van der Waals surface area contributed by atoms with Crippen molar-refractivity contribution in [2.75, 3.05) is 12.8 Å². The molecule has 0 aliphatic carbocycles. The van der Waals surface area contributed by atoms with Crippen LogP contribution in [0.5, 0.6) is 5.75 Å². The third-order valence-electron chi connectivity index (χ3n) is 2.28. The number of H-pyrrole nitrogens is 1. The Balaban J connectivity index is 2.33. The quantitative estimate of drug-likeness (QED) is 0.698. The highest BCUT2D eigenvalue weighted by molar-refractivity contribution is 5.43. The smallest absolute Gasteiger partial charge is 0.137 e. The molecule has 2 rings (SSSR count). The average Bonchev–Trinajstić information content (AvgIpc) is 2.74. The van der Waals surface area contributed by atoms with Crippen molar-refractivity contribution in [2.45, 2.75) is 6.10 Å². The lowest BCUT2D eigenvalue weighted by molar-refractivity contribution is 0.220. The fraction of sp³-hybridized carbons (Fsp3) is 0.200. The van der Waals surface area contributed by atoms with Crippen LogP contribution in [0, 0.1) is 0 Å². The maximum absolute atomic E-state index is 10.0. The Bertz CT molecular complexity index is 483. The summed E-state index contributed by atoms with van der Waals surface area (Å²) in [6.45, 7) is 0. The van der Waals surface area contributed by atoms with Crippen molar-refractivity contribution in [3.8, 4) is 5.75 Å². The SMILES string of the molecule is COc1cncc(C(O)c2cn[nH]c2N)c1. The van der Waals surface area contributed by atoms with Crippen LogP contribution in [0.3, 0.4) is 0 Å². The first-order chi connectivity index (χ1) is 7.72. The molecule has 0 radical (unpaired) electrons. The van der Waals surface area contributed by atoms with Gasteiger partial charge in [0.15, 0.2) is 0 Å². The predicted octanol–water partition coefficient (Wildman–Crippen LogP) is 0.477.